The number of hydrazone groups is 1. The van der Waals surface area contributed by atoms with E-state index in [1.165, 1.54) is 10.6 Å². The lowest BCUT2D eigenvalue weighted by Gasteiger charge is -2.32. The number of nitrogens with zero attached hydrogens (tertiary/aromatic N) is 6. The van der Waals surface area contributed by atoms with Gasteiger partial charge in [-0.3, -0.25) is 4.90 Å². The number of hydrogen-bond donors (Lipinski definition) is 2. The van der Waals surface area contributed by atoms with Gasteiger partial charge in [-0.2, -0.15) is 14.4 Å². The van der Waals surface area contributed by atoms with E-state index in [1.807, 2.05) is 19.1 Å². The second-order valence-electron chi connectivity index (χ2n) is 10.2. The van der Waals surface area contributed by atoms with Crippen LogP contribution in [0.15, 0.2) is 41.5 Å². The second-order valence-corrected chi connectivity index (χ2v) is 13.3. The molecule has 214 valence electrons. The number of aromatic hydroxyl groups is 1. The smallest absolute Gasteiger partial charge is 0.246 e. The average Bonchev–Trinajstić information content (AvgIpc) is 3.32. The molecule has 2 saturated heterocycles. The number of sulfonamides is 1. The molecule has 11 nitrogen and oxygen atoms in total. The minimum Gasteiger partial charge on any atom is -0.507 e. The Hall–Kier alpha value is -3.10. The van der Waals surface area contributed by atoms with E-state index in [2.05, 4.69) is 33.0 Å². The second kappa shape index (κ2) is 12.2. The van der Waals surface area contributed by atoms with Crippen LogP contribution in [0.3, 0.4) is 0 Å². The zero-order valence-corrected chi connectivity index (χ0v) is 24.5. The lowest BCUT2D eigenvalue weighted by atomic mass is 10.0. The fourth-order valence-corrected chi connectivity index (χ4v) is 6.85. The van der Waals surface area contributed by atoms with Gasteiger partial charge in [-0.1, -0.05) is 24.3 Å². The number of anilines is 2. The van der Waals surface area contributed by atoms with Gasteiger partial charge in [0.1, 0.15) is 5.75 Å². The number of aromatic nitrogens is 2. The molecule has 5 rings (SSSR count). The number of thiophene rings is 1. The molecule has 0 atom stereocenters. The van der Waals surface area contributed by atoms with Crippen molar-refractivity contribution in [1.82, 2.24) is 19.2 Å². The molecule has 13 heteroatoms. The number of ether oxygens (including phenoxy) is 1. The van der Waals surface area contributed by atoms with Crippen LogP contribution in [0.5, 0.6) is 5.75 Å². The number of allylic oxidation sites excluding steroid dienone is 1. The fraction of sp³-hybridized carbons (Fsp3) is 0.444. The van der Waals surface area contributed by atoms with Crippen molar-refractivity contribution in [3.05, 3.63) is 52.4 Å². The SMILES string of the molecule is C=C(C)Cc1cccc(/C=N/Nc2nc(N3CCOCC3)c3sc(CN4CCN(S(C)(=O)=O)CC4)cc3n2)c1O. The molecule has 2 aromatic heterocycles. The van der Waals surface area contributed by atoms with Crippen molar-refractivity contribution in [2.24, 2.45) is 5.10 Å². The monoisotopic (exact) mass is 585 g/mol. The van der Waals surface area contributed by atoms with E-state index < -0.39 is 10.0 Å². The first-order valence-corrected chi connectivity index (χ1v) is 15.9. The number of nitrogens with one attached hydrogen (secondary N) is 1. The van der Waals surface area contributed by atoms with Crippen LogP contribution in [0, 0.1) is 0 Å². The van der Waals surface area contributed by atoms with Gasteiger partial charge in [0.2, 0.25) is 16.0 Å². The highest BCUT2D eigenvalue weighted by molar-refractivity contribution is 7.88. The number of phenolic OH excluding ortho intramolecular Hbond substituents is 1. The number of benzene rings is 1. The van der Waals surface area contributed by atoms with E-state index in [9.17, 15) is 13.5 Å². The van der Waals surface area contributed by atoms with Gasteiger partial charge >= 0.3 is 0 Å². The van der Waals surface area contributed by atoms with Crippen LogP contribution in [0.1, 0.15) is 22.9 Å². The summed E-state index contributed by atoms with van der Waals surface area (Å²) in [6.07, 6.45) is 3.42. The fourth-order valence-electron chi connectivity index (χ4n) is 4.86. The summed E-state index contributed by atoms with van der Waals surface area (Å²) in [5.74, 6) is 1.39. The zero-order chi connectivity index (χ0) is 28.3. The lowest BCUT2D eigenvalue weighted by molar-refractivity contribution is 0.122. The molecule has 0 radical (unpaired) electrons. The molecule has 0 unspecified atom stereocenters. The topological polar surface area (TPSA) is 123 Å². The van der Waals surface area contributed by atoms with E-state index >= 15 is 0 Å². The van der Waals surface area contributed by atoms with Gasteiger partial charge in [-0.05, 0) is 31.0 Å². The number of hydrogen-bond acceptors (Lipinski definition) is 11. The molecule has 2 aliphatic rings. The van der Waals surface area contributed by atoms with Gasteiger partial charge in [0.15, 0.2) is 5.82 Å². The van der Waals surface area contributed by atoms with E-state index in [0.29, 0.717) is 57.3 Å². The first kappa shape index (κ1) is 28.4. The predicted octanol–water partition coefficient (Wildman–Crippen LogP) is 2.88. The van der Waals surface area contributed by atoms with Gasteiger partial charge in [0, 0.05) is 56.3 Å². The van der Waals surface area contributed by atoms with Crippen LogP contribution >= 0.6 is 11.3 Å². The number of fused-ring (bicyclic) bond motifs is 1. The molecule has 2 N–H and O–H groups in total. The number of morpholine rings is 1. The molecule has 40 heavy (non-hydrogen) atoms. The molecule has 0 spiro atoms. The highest BCUT2D eigenvalue weighted by Crippen LogP contribution is 2.34. The van der Waals surface area contributed by atoms with Gasteiger partial charge < -0.3 is 14.7 Å². The van der Waals surface area contributed by atoms with Gasteiger partial charge in [-0.25, -0.2) is 18.8 Å². The molecule has 3 aromatic rings. The standard InChI is InChI=1S/C27H35N7O4S2/c1-19(2)15-20-5-4-6-21(24(20)35)17-28-31-27-29-23-16-22(18-32-7-9-34(10-8-32)40(3,36)37)39-25(23)26(30-27)33-11-13-38-14-12-33/h4-6,16-17,35H,1,7-15,18H2,2-3H3,(H,29,30,31)/b28-17+. The van der Waals surface area contributed by atoms with Crippen LogP contribution in [0.4, 0.5) is 11.8 Å². The molecule has 1 aromatic carbocycles. The largest absolute Gasteiger partial charge is 0.507 e. The van der Waals surface area contributed by atoms with Gasteiger partial charge in [0.25, 0.3) is 0 Å². The summed E-state index contributed by atoms with van der Waals surface area (Å²) in [5.41, 5.74) is 6.14. The Kier molecular flexibility index (Phi) is 8.66. The minimum absolute atomic E-state index is 0.182. The molecule has 0 amide bonds. The summed E-state index contributed by atoms with van der Waals surface area (Å²) in [6, 6.07) is 7.63. The summed E-state index contributed by atoms with van der Waals surface area (Å²) in [5, 5.41) is 15.0. The Labute approximate surface area is 238 Å². The molecule has 2 fully saturated rings. The molecule has 0 bridgehead atoms. The molecule has 2 aliphatic heterocycles. The van der Waals surface area contributed by atoms with Crippen molar-refractivity contribution in [3.8, 4) is 5.75 Å². The summed E-state index contributed by atoms with van der Waals surface area (Å²) >= 11 is 1.67. The Balaban J connectivity index is 1.36. The summed E-state index contributed by atoms with van der Waals surface area (Å²) in [4.78, 5) is 15.2. The summed E-state index contributed by atoms with van der Waals surface area (Å²) in [6.45, 7) is 11.7. The highest BCUT2D eigenvalue weighted by Gasteiger charge is 2.25. The number of piperazine rings is 1. The van der Waals surface area contributed by atoms with Crippen molar-refractivity contribution >= 4 is 49.6 Å². The quantitative estimate of drug-likeness (QED) is 0.222. The zero-order valence-electron chi connectivity index (χ0n) is 22.8. The molecular weight excluding hydrogens is 550 g/mol. The number of rotatable bonds is 9. The molecule has 4 heterocycles. The summed E-state index contributed by atoms with van der Waals surface area (Å²) in [7, 11) is -3.16. The van der Waals surface area contributed by atoms with Crippen LogP contribution in [-0.2, 0) is 27.7 Å². The first-order valence-electron chi connectivity index (χ1n) is 13.2. The predicted molar refractivity (Wildman–Crippen MR) is 160 cm³/mol. The summed E-state index contributed by atoms with van der Waals surface area (Å²) < 4.78 is 31.8. The Morgan fingerprint density at radius 2 is 1.95 bits per heavy atom. The van der Waals surface area contributed by atoms with Crippen molar-refractivity contribution < 1.29 is 18.3 Å². The van der Waals surface area contributed by atoms with E-state index in [-0.39, 0.29) is 5.75 Å². The molecule has 0 saturated carbocycles. The van der Waals surface area contributed by atoms with Gasteiger partial charge in [0.05, 0.1) is 35.9 Å². The van der Waals surface area contributed by atoms with E-state index in [4.69, 9.17) is 14.7 Å². The molecular formula is C27H35N7O4S2. The van der Waals surface area contributed by atoms with Crippen molar-refractivity contribution in [3.63, 3.8) is 0 Å². The number of para-hydroxylation sites is 1. The Morgan fingerprint density at radius 1 is 1.20 bits per heavy atom. The van der Waals surface area contributed by atoms with Crippen molar-refractivity contribution in [2.45, 2.75) is 19.9 Å². The van der Waals surface area contributed by atoms with Crippen molar-refractivity contribution in [1.29, 1.82) is 0 Å². The molecule has 0 aliphatic carbocycles. The van der Waals surface area contributed by atoms with Crippen molar-refractivity contribution in [2.75, 3.05) is 69.1 Å². The maximum atomic E-state index is 11.9. The van der Waals surface area contributed by atoms with Crippen LogP contribution < -0.4 is 10.3 Å². The maximum absolute atomic E-state index is 11.9. The Morgan fingerprint density at radius 3 is 2.65 bits per heavy atom. The third-order valence-electron chi connectivity index (χ3n) is 6.91. The van der Waals surface area contributed by atoms with Gasteiger partial charge in [-0.15, -0.1) is 11.3 Å². The van der Waals surface area contributed by atoms with Crippen LogP contribution in [0.25, 0.3) is 10.2 Å². The van der Waals surface area contributed by atoms with E-state index in [1.54, 1.807) is 23.6 Å². The minimum atomic E-state index is -3.16. The number of phenols is 1. The average molecular weight is 586 g/mol. The Bertz CT molecular complexity index is 1510. The van der Waals surface area contributed by atoms with Crippen LogP contribution in [-0.4, -0.2) is 97.7 Å². The highest BCUT2D eigenvalue weighted by atomic mass is 32.2. The van der Waals surface area contributed by atoms with Crippen LogP contribution in [0.2, 0.25) is 0 Å². The third kappa shape index (κ3) is 6.78. The normalized spacial score (nSPS) is 17.6. The third-order valence-corrected chi connectivity index (χ3v) is 9.31. The van der Waals surface area contributed by atoms with E-state index in [0.717, 1.165) is 51.7 Å². The first-order chi connectivity index (χ1) is 19.2. The lowest BCUT2D eigenvalue weighted by Crippen LogP contribution is -2.47. The maximum Gasteiger partial charge on any atom is 0.246 e.